The number of hydrogen-bond donors (Lipinski definition) is 1. The van der Waals surface area contributed by atoms with Crippen molar-refractivity contribution in [1.82, 2.24) is 9.97 Å². The summed E-state index contributed by atoms with van der Waals surface area (Å²) >= 11 is 4.07. The summed E-state index contributed by atoms with van der Waals surface area (Å²) in [5.74, 6) is -1.42. The number of hydrogen-bond acceptors (Lipinski definition) is 4. The molecule has 0 unspecified atom stereocenters. The van der Waals surface area contributed by atoms with Crippen molar-refractivity contribution in [3.05, 3.63) is 40.8 Å². The number of nitrogen functional groups attached to an aromatic ring is 1. The van der Waals surface area contributed by atoms with Gasteiger partial charge in [0.25, 0.3) is 0 Å². The van der Waals surface area contributed by atoms with Gasteiger partial charge in [-0.1, -0.05) is 11.8 Å². The molecule has 0 saturated carbocycles. The van der Waals surface area contributed by atoms with E-state index in [-0.39, 0.29) is 10.6 Å². The fraction of sp³-hybridized carbons (Fsp3) is 0. The Morgan fingerprint density at radius 2 is 1.88 bits per heavy atom. The Hall–Kier alpha value is -1.21. The summed E-state index contributed by atoms with van der Waals surface area (Å²) in [6.45, 7) is 0. The molecule has 88 valence electrons. The van der Waals surface area contributed by atoms with Crippen LogP contribution in [0.2, 0.25) is 0 Å². The molecule has 0 bridgehead atoms. The lowest BCUT2D eigenvalue weighted by Gasteiger charge is -2.06. The molecule has 2 N–H and O–H groups in total. The minimum atomic E-state index is -0.710. The Kier molecular flexibility index (Phi) is 3.58. The standard InChI is InChI=1S/C10H6BrF2N3S/c11-6-3-15-4-16-10(6)17-9-7(12)1-5(14)2-8(9)13/h1-4H,14H2. The smallest absolute Gasteiger partial charge is 0.142 e. The van der Waals surface area contributed by atoms with Crippen LogP contribution in [-0.2, 0) is 0 Å². The molecular weight excluding hydrogens is 312 g/mol. The molecule has 0 amide bonds. The minimum absolute atomic E-state index is 0.0473. The minimum Gasteiger partial charge on any atom is -0.399 e. The third kappa shape index (κ3) is 2.73. The van der Waals surface area contributed by atoms with E-state index in [1.54, 1.807) is 0 Å². The van der Waals surface area contributed by atoms with Crippen LogP contribution in [0.3, 0.4) is 0 Å². The van der Waals surface area contributed by atoms with Crippen LogP contribution in [0.1, 0.15) is 0 Å². The summed E-state index contributed by atoms with van der Waals surface area (Å²) in [4.78, 5) is 7.55. The molecule has 0 aliphatic heterocycles. The number of nitrogens with zero attached hydrogens (tertiary/aromatic N) is 2. The van der Waals surface area contributed by atoms with Gasteiger partial charge in [-0.2, -0.15) is 0 Å². The van der Waals surface area contributed by atoms with Gasteiger partial charge in [0, 0.05) is 11.9 Å². The van der Waals surface area contributed by atoms with Gasteiger partial charge < -0.3 is 5.73 Å². The Labute approximate surface area is 109 Å². The number of aromatic nitrogens is 2. The molecule has 1 heterocycles. The van der Waals surface area contributed by atoms with Crippen LogP contribution in [-0.4, -0.2) is 9.97 Å². The van der Waals surface area contributed by atoms with Crippen LogP contribution in [0.5, 0.6) is 0 Å². The van der Waals surface area contributed by atoms with Gasteiger partial charge in [0.05, 0.1) is 9.37 Å². The molecule has 0 fully saturated rings. The van der Waals surface area contributed by atoms with Gasteiger partial charge in [0.2, 0.25) is 0 Å². The second kappa shape index (κ2) is 4.97. The summed E-state index contributed by atoms with van der Waals surface area (Å²) in [6.07, 6.45) is 2.81. The van der Waals surface area contributed by atoms with E-state index in [9.17, 15) is 8.78 Å². The molecule has 7 heteroatoms. The highest BCUT2D eigenvalue weighted by Gasteiger charge is 2.14. The van der Waals surface area contributed by atoms with Gasteiger partial charge >= 0.3 is 0 Å². The molecule has 0 atom stereocenters. The summed E-state index contributed by atoms with van der Waals surface area (Å²) in [5.41, 5.74) is 5.37. The van der Waals surface area contributed by atoms with E-state index in [0.29, 0.717) is 9.50 Å². The average Bonchev–Trinajstić information content (AvgIpc) is 2.25. The molecule has 1 aromatic carbocycles. The highest BCUT2D eigenvalue weighted by Crippen LogP contribution is 2.35. The molecule has 2 aromatic rings. The van der Waals surface area contributed by atoms with E-state index >= 15 is 0 Å². The topological polar surface area (TPSA) is 51.8 Å². The number of benzene rings is 1. The Balaban J connectivity index is 2.40. The van der Waals surface area contributed by atoms with E-state index in [1.165, 1.54) is 12.5 Å². The maximum atomic E-state index is 13.5. The van der Waals surface area contributed by atoms with Gasteiger partial charge in [-0.3, -0.25) is 0 Å². The molecule has 0 aliphatic rings. The Morgan fingerprint density at radius 1 is 1.24 bits per heavy atom. The lowest BCUT2D eigenvalue weighted by molar-refractivity contribution is 0.541. The molecule has 2 rings (SSSR count). The number of halogens is 3. The predicted octanol–water partition coefficient (Wildman–Crippen LogP) is 3.25. The van der Waals surface area contributed by atoms with Crippen molar-refractivity contribution in [2.75, 3.05) is 5.73 Å². The third-order valence-corrected chi connectivity index (χ3v) is 3.81. The summed E-state index contributed by atoms with van der Waals surface area (Å²) in [6, 6.07) is 2.14. The Morgan fingerprint density at radius 3 is 2.47 bits per heavy atom. The fourth-order valence-electron chi connectivity index (χ4n) is 1.15. The number of rotatable bonds is 2. The van der Waals surface area contributed by atoms with E-state index < -0.39 is 11.6 Å². The predicted molar refractivity (Wildman–Crippen MR) is 64.6 cm³/mol. The zero-order valence-electron chi connectivity index (χ0n) is 8.32. The van der Waals surface area contributed by atoms with Crippen molar-refractivity contribution in [3.8, 4) is 0 Å². The first-order valence-electron chi connectivity index (χ1n) is 4.46. The highest BCUT2D eigenvalue weighted by atomic mass is 79.9. The van der Waals surface area contributed by atoms with E-state index in [0.717, 1.165) is 23.9 Å². The van der Waals surface area contributed by atoms with E-state index in [4.69, 9.17) is 5.73 Å². The van der Waals surface area contributed by atoms with E-state index in [1.807, 2.05) is 0 Å². The van der Waals surface area contributed by atoms with Gasteiger partial charge in [0.15, 0.2) is 0 Å². The molecule has 0 aliphatic carbocycles. The van der Waals surface area contributed by atoms with Crippen LogP contribution in [0.25, 0.3) is 0 Å². The van der Waals surface area contributed by atoms with Crippen molar-refractivity contribution in [1.29, 1.82) is 0 Å². The number of nitrogens with two attached hydrogens (primary N) is 1. The lowest BCUT2D eigenvalue weighted by atomic mass is 10.3. The van der Waals surface area contributed by atoms with Crippen molar-refractivity contribution in [2.45, 2.75) is 9.92 Å². The van der Waals surface area contributed by atoms with Gasteiger partial charge in [-0.05, 0) is 28.1 Å². The average molecular weight is 318 g/mol. The first-order chi connectivity index (χ1) is 8.08. The van der Waals surface area contributed by atoms with Crippen molar-refractivity contribution < 1.29 is 8.78 Å². The SMILES string of the molecule is Nc1cc(F)c(Sc2ncncc2Br)c(F)c1. The maximum Gasteiger partial charge on any atom is 0.142 e. The molecule has 0 spiro atoms. The molecule has 0 radical (unpaired) electrons. The lowest BCUT2D eigenvalue weighted by Crippen LogP contribution is -1.94. The summed E-state index contributed by atoms with van der Waals surface area (Å²) in [5, 5.41) is 0.433. The second-order valence-electron chi connectivity index (χ2n) is 3.09. The first-order valence-corrected chi connectivity index (χ1v) is 6.06. The first kappa shape index (κ1) is 12.3. The number of anilines is 1. The maximum absolute atomic E-state index is 13.5. The largest absolute Gasteiger partial charge is 0.399 e. The van der Waals surface area contributed by atoms with Crippen molar-refractivity contribution in [2.24, 2.45) is 0 Å². The van der Waals surface area contributed by atoms with Crippen molar-refractivity contribution >= 4 is 33.4 Å². The van der Waals surface area contributed by atoms with E-state index in [2.05, 4.69) is 25.9 Å². The fourth-order valence-corrected chi connectivity index (χ4v) is 2.37. The molecular formula is C10H6BrF2N3S. The molecule has 17 heavy (non-hydrogen) atoms. The third-order valence-electron chi connectivity index (χ3n) is 1.85. The second-order valence-corrected chi connectivity index (χ2v) is 4.94. The normalized spacial score (nSPS) is 10.5. The summed E-state index contributed by atoms with van der Waals surface area (Å²) in [7, 11) is 0. The van der Waals surface area contributed by atoms with Crippen LogP contribution in [0, 0.1) is 11.6 Å². The van der Waals surface area contributed by atoms with Crippen LogP contribution < -0.4 is 5.73 Å². The molecule has 0 saturated heterocycles. The van der Waals surface area contributed by atoms with Crippen LogP contribution >= 0.6 is 27.7 Å². The van der Waals surface area contributed by atoms with Crippen LogP contribution in [0.4, 0.5) is 14.5 Å². The highest BCUT2D eigenvalue weighted by molar-refractivity contribution is 9.10. The van der Waals surface area contributed by atoms with Crippen LogP contribution in [0.15, 0.2) is 39.1 Å². The van der Waals surface area contributed by atoms with Gasteiger partial charge in [-0.25, -0.2) is 18.7 Å². The molecule has 1 aromatic heterocycles. The zero-order valence-corrected chi connectivity index (χ0v) is 10.7. The quantitative estimate of drug-likeness (QED) is 0.682. The van der Waals surface area contributed by atoms with Crippen molar-refractivity contribution in [3.63, 3.8) is 0 Å². The Bertz CT molecular complexity index is 542. The van der Waals surface area contributed by atoms with Gasteiger partial charge in [-0.15, -0.1) is 0 Å². The summed E-state index contributed by atoms with van der Waals surface area (Å²) < 4.78 is 27.6. The monoisotopic (exact) mass is 317 g/mol. The zero-order chi connectivity index (χ0) is 12.4. The molecule has 3 nitrogen and oxygen atoms in total. The van der Waals surface area contributed by atoms with Gasteiger partial charge in [0.1, 0.15) is 23.0 Å².